The lowest BCUT2D eigenvalue weighted by molar-refractivity contribution is -0.144. The summed E-state index contributed by atoms with van der Waals surface area (Å²) in [5.41, 5.74) is 1.99. The fraction of sp³-hybridized carbons (Fsp3) is 0.385. The minimum atomic E-state index is -1.03. The topological polar surface area (TPSA) is 57.6 Å². The number of nitrogens with zero attached hydrogens (tertiary/aromatic N) is 1. The molecule has 0 spiro atoms. The fourth-order valence-electron chi connectivity index (χ4n) is 2.08. The minimum Gasteiger partial charge on any atom is -0.481 e. The molecule has 1 unspecified atom stereocenters. The van der Waals surface area contributed by atoms with Crippen molar-refractivity contribution < 1.29 is 14.7 Å². The van der Waals surface area contributed by atoms with Gasteiger partial charge in [0.1, 0.15) is 5.92 Å². The molecule has 17 heavy (non-hydrogen) atoms. The van der Waals surface area contributed by atoms with Crippen molar-refractivity contribution >= 4 is 17.6 Å². The van der Waals surface area contributed by atoms with E-state index in [1.165, 1.54) is 5.56 Å². The van der Waals surface area contributed by atoms with E-state index in [0.29, 0.717) is 13.0 Å². The number of anilines is 1. The maximum atomic E-state index is 11.8. The lowest BCUT2D eigenvalue weighted by atomic mass is 10.1. The largest absolute Gasteiger partial charge is 0.481 e. The maximum Gasteiger partial charge on any atom is 0.316 e. The van der Waals surface area contributed by atoms with E-state index in [4.69, 9.17) is 5.11 Å². The second-order valence-corrected chi connectivity index (χ2v) is 4.19. The summed E-state index contributed by atoms with van der Waals surface area (Å²) in [5, 5.41) is 8.88. The minimum absolute atomic E-state index is 0.304. The number of aryl methyl sites for hydroxylation is 1. The molecule has 1 heterocycles. The monoisotopic (exact) mass is 233 g/mol. The second-order valence-electron chi connectivity index (χ2n) is 4.19. The van der Waals surface area contributed by atoms with Crippen LogP contribution in [0.25, 0.3) is 0 Å². The molecule has 90 valence electrons. The summed E-state index contributed by atoms with van der Waals surface area (Å²) in [6.45, 7) is 2.55. The Kier molecular flexibility index (Phi) is 3.13. The molecular formula is C13H15NO3. The predicted molar refractivity (Wildman–Crippen MR) is 63.9 cm³/mol. The quantitative estimate of drug-likeness (QED) is 0.808. The second kappa shape index (κ2) is 4.57. The fourth-order valence-corrected chi connectivity index (χ4v) is 2.08. The predicted octanol–water partition coefficient (Wildman–Crippen LogP) is 1.69. The highest BCUT2D eigenvalue weighted by molar-refractivity contribution is 6.07. The summed E-state index contributed by atoms with van der Waals surface area (Å²) in [6.07, 6.45) is 1.34. The molecule has 0 aliphatic carbocycles. The van der Waals surface area contributed by atoms with Crippen molar-refractivity contribution in [2.24, 2.45) is 5.92 Å². The number of aliphatic carboxylic acids is 1. The van der Waals surface area contributed by atoms with Crippen molar-refractivity contribution in [3.8, 4) is 0 Å². The summed E-state index contributed by atoms with van der Waals surface area (Å²) in [5.74, 6) is -2.20. The molecule has 0 radical (unpaired) electrons. The summed E-state index contributed by atoms with van der Waals surface area (Å²) in [6, 6.07) is 7.69. The molecule has 1 N–H and O–H groups in total. The molecule has 1 amide bonds. The summed E-state index contributed by atoms with van der Waals surface area (Å²) < 4.78 is 0. The van der Waals surface area contributed by atoms with Gasteiger partial charge in [-0.15, -0.1) is 0 Å². The number of hydrogen-bond donors (Lipinski definition) is 1. The number of carbonyl (C=O) groups excluding carboxylic acids is 1. The number of rotatable bonds is 3. The Balaban J connectivity index is 2.18. The van der Waals surface area contributed by atoms with Crippen molar-refractivity contribution in [1.82, 2.24) is 0 Å². The zero-order valence-electron chi connectivity index (χ0n) is 9.72. The van der Waals surface area contributed by atoms with Crippen LogP contribution in [0.5, 0.6) is 0 Å². The Bertz CT molecular complexity index is 438. The average molecular weight is 233 g/mol. The molecule has 4 nitrogen and oxygen atoms in total. The van der Waals surface area contributed by atoms with E-state index in [1.807, 2.05) is 24.3 Å². The van der Waals surface area contributed by atoms with Crippen LogP contribution < -0.4 is 4.90 Å². The Hall–Kier alpha value is -1.84. The van der Waals surface area contributed by atoms with Crippen molar-refractivity contribution in [3.05, 3.63) is 29.8 Å². The molecule has 1 aromatic carbocycles. The first-order valence-corrected chi connectivity index (χ1v) is 5.76. The van der Waals surface area contributed by atoms with Gasteiger partial charge in [0.05, 0.1) is 0 Å². The van der Waals surface area contributed by atoms with Crippen LogP contribution in [0.2, 0.25) is 0 Å². The normalized spacial score (nSPS) is 19.7. The van der Waals surface area contributed by atoms with Crippen molar-refractivity contribution in [2.45, 2.75) is 19.8 Å². The van der Waals surface area contributed by atoms with E-state index < -0.39 is 11.9 Å². The van der Waals surface area contributed by atoms with E-state index in [-0.39, 0.29) is 5.91 Å². The van der Waals surface area contributed by atoms with Gasteiger partial charge in [-0.05, 0) is 30.5 Å². The number of benzene rings is 1. The van der Waals surface area contributed by atoms with Gasteiger partial charge in [-0.2, -0.15) is 0 Å². The van der Waals surface area contributed by atoms with Crippen LogP contribution in [-0.2, 0) is 16.0 Å². The Morgan fingerprint density at radius 2 is 2.06 bits per heavy atom. The molecule has 0 aromatic heterocycles. The van der Waals surface area contributed by atoms with Gasteiger partial charge in [-0.25, -0.2) is 0 Å². The molecule has 1 aliphatic rings. The maximum absolute atomic E-state index is 11.8. The first-order chi connectivity index (χ1) is 8.13. The Morgan fingerprint density at radius 1 is 1.41 bits per heavy atom. The lowest BCUT2D eigenvalue weighted by Crippen LogP contribution is -2.30. The summed E-state index contributed by atoms with van der Waals surface area (Å²) in [7, 11) is 0. The molecule has 1 fully saturated rings. The number of hydrogen-bond acceptors (Lipinski definition) is 2. The van der Waals surface area contributed by atoms with Crippen LogP contribution in [0, 0.1) is 5.92 Å². The third-order valence-electron chi connectivity index (χ3n) is 3.16. The standard InChI is InChI=1S/C13H15NO3/c1-2-9-3-5-10(6-4-9)14-8-7-11(12(14)15)13(16)17/h3-6,11H,2,7-8H2,1H3,(H,16,17). The molecule has 1 atom stereocenters. The van der Waals surface area contributed by atoms with E-state index >= 15 is 0 Å². The molecule has 2 rings (SSSR count). The van der Waals surface area contributed by atoms with Gasteiger partial charge < -0.3 is 10.0 Å². The number of carboxylic acid groups (broad SMARTS) is 1. The first-order valence-electron chi connectivity index (χ1n) is 5.76. The third kappa shape index (κ3) is 2.16. The van der Waals surface area contributed by atoms with Crippen LogP contribution in [0.15, 0.2) is 24.3 Å². The highest BCUT2D eigenvalue weighted by Crippen LogP contribution is 2.25. The number of carbonyl (C=O) groups is 2. The zero-order chi connectivity index (χ0) is 12.4. The number of amides is 1. The average Bonchev–Trinajstić information content (AvgIpc) is 2.71. The van der Waals surface area contributed by atoms with Gasteiger partial charge >= 0.3 is 5.97 Å². The van der Waals surface area contributed by atoms with Crippen molar-refractivity contribution in [3.63, 3.8) is 0 Å². The lowest BCUT2D eigenvalue weighted by Gasteiger charge is -2.16. The number of carboxylic acids is 1. The summed E-state index contributed by atoms with van der Waals surface area (Å²) >= 11 is 0. The molecule has 4 heteroatoms. The molecule has 0 saturated carbocycles. The summed E-state index contributed by atoms with van der Waals surface area (Å²) in [4.78, 5) is 24.2. The Morgan fingerprint density at radius 3 is 2.53 bits per heavy atom. The molecule has 1 aromatic rings. The zero-order valence-corrected chi connectivity index (χ0v) is 9.72. The molecular weight excluding hydrogens is 218 g/mol. The van der Waals surface area contributed by atoms with Gasteiger partial charge in [0.15, 0.2) is 0 Å². The highest BCUT2D eigenvalue weighted by Gasteiger charge is 2.37. The van der Waals surface area contributed by atoms with Crippen LogP contribution in [0.3, 0.4) is 0 Å². The molecule has 0 bridgehead atoms. The first kappa shape index (κ1) is 11.6. The van der Waals surface area contributed by atoms with Crippen LogP contribution in [0.1, 0.15) is 18.9 Å². The van der Waals surface area contributed by atoms with Crippen LogP contribution >= 0.6 is 0 Å². The van der Waals surface area contributed by atoms with E-state index in [1.54, 1.807) is 4.90 Å². The van der Waals surface area contributed by atoms with E-state index in [2.05, 4.69) is 6.92 Å². The molecule has 1 aliphatic heterocycles. The third-order valence-corrected chi connectivity index (χ3v) is 3.16. The van der Waals surface area contributed by atoms with E-state index in [9.17, 15) is 9.59 Å². The van der Waals surface area contributed by atoms with Crippen LogP contribution in [0.4, 0.5) is 5.69 Å². The SMILES string of the molecule is CCc1ccc(N2CCC(C(=O)O)C2=O)cc1. The van der Waals surface area contributed by atoms with Gasteiger partial charge in [0.25, 0.3) is 0 Å². The van der Waals surface area contributed by atoms with Crippen molar-refractivity contribution in [2.75, 3.05) is 11.4 Å². The van der Waals surface area contributed by atoms with Crippen LogP contribution in [-0.4, -0.2) is 23.5 Å². The van der Waals surface area contributed by atoms with Gasteiger partial charge in [0, 0.05) is 12.2 Å². The van der Waals surface area contributed by atoms with E-state index in [0.717, 1.165) is 12.1 Å². The molecule has 1 saturated heterocycles. The Labute approximate surface area is 99.9 Å². The van der Waals surface area contributed by atoms with Gasteiger partial charge in [-0.3, -0.25) is 9.59 Å². The van der Waals surface area contributed by atoms with Crippen molar-refractivity contribution in [1.29, 1.82) is 0 Å². The van der Waals surface area contributed by atoms with Gasteiger partial charge in [-0.1, -0.05) is 19.1 Å². The highest BCUT2D eigenvalue weighted by atomic mass is 16.4. The smallest absolute Gasteiger partial charge is 0.316 e. The van der Waals surface area contributed by atoms with Gasteiger partial charge in [0.2, 0.25) is 5.91 Å².